The Kier molecular flexibility index (Phi) is 2.58. The molecular formula is C13H16O. The van der Waals surface area contributed by atoms with Gasteiger partial charge in [0, 0.05) is 5.56 Å². The Hall–Kier alpha value is -1.24. The van der Waals surface area contributed by atoms with Crippen LogP contribution >= 0.6 is 0 Å². The first-order valence-corrected chi connectivity index (χ1v) is 5.25. The van der Waals surface area contributed by atoms with E-state index in [4.69, 9.17) is 4.74 Å². The van der Waals surface area contributed by atoms with Crippen LogP contribution in [0.2, 0.25) is 0 Å². The number of benzene rings is 1. The predicted octanol–water partition coefficient (Wildman–Crippen LogP) is 3.61. The van der Waals surface area contributed by atoms with Crippen LogP contribution in [0.25, 0.3) is 6.08 Å². The smallest absolute Gasteiger partial charge is 0.127 e. The molecule has 1 nitrogen and oxygen atoms in total. The van der Waals surface area contributed by atoms with Crippen molar-refractivity contribution in [3.63, 3.8) is 0 Å². The number of rotatable bonds is 2. The van der Waals surface area contributed by atoms with Crippen molar-refractivity contribution in [2.24, 2.45) is 0 Å². The molecule has 1 heteroatoms. The van der Waals surface area contributed by atoms with Gasteiger partial charge in [0.1, 0.15) is 12.4 Å². The average molecular weight is 188 g/mol. The van der Waals surface area contributed by atoms with Gasteiger partial charge in [-0.25, -0.2) is 0 Å². The van der Waals surface area contributed by atoms with Gasteiger partial charge in [0.2, 0.25) is 0 Å². The van der Waals surface area contributed by atoms with Crippen LogP contribution in [-0.4, -0.2) is 6.61 Å². The summed E-state index contributed by atoms with van der Waals surface area (Å²) in [7, 11) is 0. The fourth-order valence-electron chi connectivity index (χ4n) is 1.82. The van der Waals surface area contributed by atoms with Crippen LogP contribution in [-0.2, 0) is 0 Å². The molecule has 0 fully saturated rings. The van der Waals surface area contributed by atoms with Crippen LogP contribution in [0.15, 0.2) is 24.3 Å². The summed E-state index contributed by atoms with van der Waals surface area (Å²) in [6.07, 6.45) is 5.43. The van der Waals surface area contributed by atoms with Crippen molar-refractivity contribution in [3.05, 3.63) is 35.4 Å². The Bertz CT molecular complexity index is 352. The standard InChI is InChI=1S/C13H16O/c1-3-10(2)11-6-4-8-13-12(11)7-5-9-14-13/h4-8,10H,3,9H2,1-2H3. The number of fused-ring (bicyclic) bond motifs is 1. The zero-order valence-electron chi connectivity index (χ0n) is 8.79. The zero-order valence-corrected chi connectivity index (χ0v) is 8.79. The molecular weight excluding hydrogens is 172 g/mol. The molecule has 1 aliphatic rings. The zero-order chi connectivity index (χ0) is 9.97. The minimum atomic E-state index is 0.608. The van der Waals surface area contributed by atoms with E-state index in [9.17, 15) is 0 Å². The summed E-state index contributed by atoms with van der Waals surface area (Å²) < 4.78 is 5.57. The monoisotopic (exact) mass is 188 g/mol. The first kappa shape index (κ1) is 9.32. The minimum Gasteiger partial charge on any atom is -0.489 e. The van der Waals surface area contributed by atoms with Crippen molar-refractivity contribution in [2.45, 2.75) is 26.2 Å². The Morgan fingerprint density at radius 2 is 2.29 bits per heavy atom. The Morgan fingerprint density at radius 3 is 3.07 bits per heavy atom. The lowest BCUT2D eigenvalue weighted by Gasteiger charge is -2.18. The molecule has 1 atom stereocenters. The second-order valence-electron chi connectivity index (χ2n) is 3.78. The topological polar surface area (TPSA) is 9.23 Å². The molecule has 1 unspecified atom stereocenters. The van der Waals surface area contributed by atoms with E-state index in [0.29, 0.717) is 12.5 Å². The van der Waals surface area contributed by atoms with Crippen LogP contribution in [0.4, 0.5) is 0 Å². The van der Waals surface area contributed by atoms with Gasteiger partial charge in [0.05, 0.1) is 0 Å². The van der Waals surface area contributed by atoms with Crippen molar-refractivity contribution in [1.29, 1.82) is 0 Å². The van der Waals surface area contributed by atoms with Crippen LogP contribution < -0.4 is 4.74 Å². The second kappa shape index (κ2) is 3.87. The molecule has 1 aromatic rings. The molecule has 1 aliphatic heterocycles. The van der Waals surface area contributed by atoms with E-state index in [2.05, 4.69) is 38.1 Å². The summed E-state index contributed by atoms with van der Waals surface area (Å²) in [5.74, 6) is 1.64. The van der Waals surface area contributed by atoms with Crippen molar-refractivity contribution in [2.75, 3.05) is 6.61 Å². The van der Waals surface area contributed by atoms with E-state index in [-0.39, 0.29) is 0 Å². The summed E-state index contributed by atoms with van der Waals surface area (Å²) in [5, 5.41) is 0. The fraction of sp³-hybridized carbons (Fsp3) is 0.385. The first-order chi connectivity index (χ1) is 6.83. The fourth-order valence-corrected chi connectivity index (χ4v) is 1.82. The molecule has 0 amide bonds. The highest BCUT2D eigenvalue weighted by molar-refractivity contribution is 5.63. The molecule has 0 aliphatic carbocycles. The highest BCUT2D eigenvalue weighted by Crippen LogP contribution is 2.32. The summed E-state index contributed by atoms with van der Waals surface area (Å²) in [5.41, 5.74) is 2.68. The molecule has 0 saturated heterocycles. The van der Waals surface area contributed by atoms with Crippen molar-refractivity contribution in [1.82, 2.24) is 0 Å². The van der Waals surface area contributed by atoms with Crippen LogP contribution in [0.5, 0.6) is 5.75 Å². The van der Waals surface area contributed by atoms with Crippen LogP contribution in [0, 0.1) is 0 Å². The van der Waals surface area contributed by atoms with E-state index < -0.39 is 0 Å². The Balaban J connectivity index is 2.47. The summed E-state index contributed by atoms with van der Waals surface area (Å²) >= 11 is 0. The third-order valence-corrected chi connectivity index (χ3v) is 2.86. The molecule has 1 heterocycles. The van der Waals surface area contributed by atoms with Crippen molar-refractivity contribution in [3.8, 4) is 5.75 Å². The van der Waals surface area contributed by atoms with Crippen LogP contribution in [0.3, 0.4) is 0 Å². The molecule has 0 aromatic heterocycles. The number of hydrogen-bond acceptors (Lipinski definition) is 1. The van der Waals surface area contributed by atoms with Crippen LogP contribution in [0.1, 0.15) is 37.3 Å². The molecule has 0 N–H and O–H groups in total. The lowest BCUT2D eigenvalue weighted by Crippen LogP contribution is -2.04. The third kappa shape index (κ3) is 1.54. The SMILES string of the molecule is CCC(C)c1cccc2c1C=CCO2. The number of hydrogen-bond donors (Lipinski definition) is 0. The maximum absolute atomic E-state index is 5.57. The predicted molar refractivity (Wildman–Crippen MR) is 59.7 cm³/mol. The van der Waals surface area contributed by atoms with Gasteiger partial charge in [-0.05, 0) is 30.0 Å². The molecule has 1 aromatic carbocycles. The first-order valence-electron chi connectivity index (χ1n) is 5.25. The largest absolute Gasteiger partial charge is 0.489 e. The molecule has 0 bridgehead atoms. The van der Waals surface area contributed by atoms with Gasteiger partial charge in [-0.1, -0.05) is 32.1 Å². The lowest BCUT2D eigenvalue weighted by molar-refractivity contribution is 0.357. The highest BCUT2D eigenvalue weighted by atomic mass is 16.5. The molecule has 74 valence electrons. The van der Waals surface area contributed by atoms with E-state index in [0.717, 1.165) is 5.75 Å². The summed E-state index contributed by atoms with van der Waals surface area (Å²) in [6.45, 7) is 5.19. The summed E-state index contributed by atoms with van der Waals surface area (Å²) in [4.78, 5) is 0. The molecule has 0 spiro atoms. The quantitative estimate of drug-likeness (QED) is 0.689. The molecule has 0 saturated carbocycles. The Morgan fingerprint density at radius 1 is 1.43 bits per heavy atom. The average Bonchev–Trinajstić information content (AvgIpc) is 2.27. The van der Waals surface area contributed by atoms with Gasteiger partial charge in [-0.3, -0.25) is 0 Å². The van der Waals surface area contributed by atoms with Crippen molar-refractivity contribution >= 4 is 6.08 Å². The lowest BCUT2D eigenvalue weighted by atomic mass is 9.92. The molecule has 0 radical (unpaired) electrons. The minimum absolute atomic E-state index is 0.608. The van der Waals surface area contributed by atoms with Gasteiger partial charge in [-0.15, -0.1) is 0 Å². The van der Waals surface area contributed by atoms with Gasteiger partial charge in [-0.2, -0.15) is 0 Å². The maximum atomic E-state index is 5.57. The number of ether oxygens (including phenoxy) is 1. The Labute approximate surface area is 85.4 Å². The molecule has 2 rings (SSSR count). The van der Waals surface area contributed by atoms with E-state index >= 15 is 0 Å². The summed E-state index contributed by atoms with van der Waals surface area (Å²) in [6, 6.07) is 6.33. The van der Waals surface area contributed by atoms with E-state index in [1.165, 1.54) is 17.5 Å². The highest BCUT2D eigenvalue weighted by Gasteiger charge is 2.13. The maximum Gasteiger partial charge on any atom is 0.127 e. The van der Waals surface area contributed by atoms with Gasteiger partial charge >= 0.3 is 0 Å². The third-order valence-electron chi connectivity index (χ3n) is 2.86. The van der Waals surface area contributed by atoms with Gasteiger partial charge < -0.3 is 4.74 Å². The van der Waals surface area contributed by atoms with E-state index in [1.54, 1.807) is 0 Å². The van der Waals surface area contributed by atoms with Gasteiger partial charge in [0.25, 0.3) is 0 Å². The van der Waals surface area contributed by atoms with E-state index in [1.807, 2.05) is 6.07 Å². The normalized spacial score (nSPS) is 15.9. The molecule has 14 heavy (non-hydrogen) atoms. The van der Waals surface area contributed by atoms with Gasteiger partial charge in [0.15, 0.2) is 0 Å². The van der Waals surface area contributed by atoms with Crippen molar-refractivity contribution < 1.29 is 4.74 Å². The second-order valence-corrected chi connectivity index (χ2v) is 3.78.